The van der Waals surface area contributed by atoms with Gasteiger partial charge in [-0.3, -0.25) is 13.9 Å². The predicted molar refractivity (Wildman–Crippen MR) is 167 cm³/mol. The first kappa shape index (κ1) is 32.9. The maximum atomic E-state index is 14.1. The lowest BCUT2D eigenvalue weighted by Crippen LogP contribution is -2.54. The van der Waals surface area contributed by atoms with Crippen molar-refractivity contribution in [2.45, 2.75) is 57.6 Å². The van der Waals surface area contributed by atoms with Gasteiger partial charge in [-0.25, -0.2) is 8.42 Å². The zero-order valence-electron chi connectivity index (χ0n) is 24.8. The van der Waals surface area contributed by atoms with Gasteiger partial charge in [-0.15, -0.1) is 0 Å². The van der Waals surface area contributed by atoms with Gasteiger partial charge in [0.1, 0.15) is 24.1 Å². The van der Waals surface area contributed by atoms with Crippen LogP contribution < -0.4 is 19.1 Å². The number of methoxy groups -OCH3 is 1. The monoisotopic (exact) mass is 659 g/mol. The molecule has 1 unspecified atom stereocenters. The standard InChI is InChI=1S/C31H38BrN3O6S/c1-7-41-27-16-12-25(13-17-27)35(42(38,39)28-18-10-24(32)11-19-28)21-29(36)34(22(2)30(37)33-31(3,4)5)20-23-8-14-26(40-6)15-9-23/h8-19,22H,7,20-21H2,1-6H3,(H,33,37). The number of nitrogens with one attached hydrogen (secondary N) is 1. The molecule has 0 aromatic heterocycles. The zero-order valence-corrected chi connectivity index (χ0v) is 27.2. The number of anilines is 1. The normalized spacial score (nSPS) is 12.3. The Morgan fingerprint density at radius 2 is 1.50 bits per heavy atom. The molecule has 9 nitrogen and oxygen atoms in total. The minimum Gasteiger partial charge on any atom is -0.497 e. The summed E-state index contributed by atoms with van der Waals surface area (Å²) in [6, 6.07) is 18.9. The quantitative estimate of drug-likeness (QED) is 0.280. The summed E-state index contributed by atoms with van der Waals surface area (Å²) in [5.74, 6) is 0.323. The molecule has 0 fully saturated rings. The highest BCUT2D eigenvalue weighted by Gasteiger charge is 2.33. The van der Waals surface area contributed by atoms with Gasteiger partial charge in [0, 0.05) is 16.6 Å². The zero-order chi connectivity index (χ0) is 31.1. The molecular formula is C31H38BrN3O6S. The van der Waals surface area contributed by atoms with E-state index in [-0.39, 0.29) is 23.0 Å². The number of nitrogens with zero attached hydrogens (tertiary/aromatic N) is 2. The molecule has 0 spiro atoms. The third-order valence-corrected chi connectivity index (χ3v) is 8.61. The van der Waals surface area contributed by atoms with Crippen molar-refractivity contribution < 1.29 is 27.5 Å². The van der Waals surface area contributed by atoms with E-state index in [9.17, 15) is 18.0 Å². The van der Waals surface area contributed by atoms with Crippen molar-refractivity contribution in [3.8, 4) is 11.5 Å². The molecular weight excluding hydrogens is 622 g/mol. The molecule has 1 N–H and O–H groups in total. The Balaban J connectivity index is 2.03. The maximum Gasteiger partial charge on any atom is 0.264 e. The molecule has 0 aliphatic heterocycles. The summed E-state index contributed by atoms with van der Waals surface area (Å²) >= 11 is 3.34. The minimum atomic E-state index is -4.17. The second-order valence-corrected chi connectivity index (χ2v) is 13.5. The van der Waals surface area contributed by atoms with Crippen LogP contribution in [0.4, 0.5) is 5.69 Å². The van der Waals surface area contributed by atoms with Crippen LogP contribution in [0, 0.1) is 0 Å². The molecule has 42 heavy (non-hydrogen) atoms. The molecule has 2 amide bonds. The molecule has 226 valence electrons. The van der Waals surface area contributed by atoms with Gasteiger partial charge in [0.2, 0.25) is 11.8 Å². The van der Waals surface area contributed by atoms with Crippen molar-refractivity contribution in [2.24, 2.45) is 0 Å². The predicted octanol–water partition coefficient (Wildman–Crippen LogP) is 5.38. The first-order chi connectivity index (χ1) is 19.7. The van der Waals surface area contributed by atoms with E-state index in [1.165, 1.54) is 17.0 Å². The van der Waals surface area contributed by atoms with E-state index < -0.39 is 34.1 Å². The second kappa shape index (κ2) is 14.1. The van der Waals surface area contributed by atoms with Crippen molar-refractivity contribution >= 4 is 43.5 Å². The average molecular weight is 661 g/mol. The lowest BCUT2D eigenvalue weighted by molar-refractivity contribution is -0.140. The van der Waals surface area contributed by atoms with Crippen LogP contribution in [0.1, 0.15) is 40.2 Å². The van der Waals surface area contributed by atoms with Crippen molar-refractivity contribution in [3.05, 3.63) is 82.8 Å². The van der Waals surface area contributed by atoms with Gasteiger partial charge in [-0.2, -0.15) is 0 Å². The van der Waals surface area contributed by atoms with Crippen LogP contribution in [0.15, 0.2) is 82.2 Å². The molecule has 0 bridgehead atoms. The Kier molecular flexibility index (Phi) is 11.0. The number of halogens is 1. The van der Waals surface area contributed by atoms with E-state index in [4.69, 9.17) is 9.47 Å². The minimum absolute atomic E-state index is 0.0209. The van der Waals surface area contributed by atoms with Crippen LogP contribution >= 0.6 is 15.9 Å². The highest BCUT2D eigenvalue weighted by molar-refractivity contribution is 9.10. The summed E-state index contributed by atoms with van der Waals surface area (Å²) < 4.78 is 40.4. The number of carbonyl (C=O) groups is 2. The third-order valence-electron chi connectivity index (χ3n) is 6.29. The van der Waals surface area contributed by atoms with Gasteiger partial charge in [-0.05, 0) is 101 Å². The van der Waals surface area contributed by atoms with E-state index in [0.29, 0.717) is 18.1 Å². The van der Waals surface area contributed by atoms with Crippen molar-refractivity contribution in [3.63, 3.8) is 0 Å². The molecule has 0 aliphatic rings. The van der Waals surface area contributed by atoms with Crippen molar-refractivity contribution in [1.29, 1.82) is 0 Å². The van der Waals surface area contributed by atoms with E-state index in [0.717, 1.165) is 14.3 Å². The highest BCUT2D eigenvalue weighted by atomic mass is 79.9. The Bertz CT molecular complexity index is 1450. The van der Waals surface area contributed by atoms with Crippen LogP contribution in [0.5, 0.6) is 11.5 Å². The summed E-state index contributed by atoms with van der Waals surface area (Å²) in [6.45, 7) is 9.04. The Morgan fingerprint density at radius 3 is 2.02 bits per heavy atom. The van der Waals surface area contributed by atoms with Crippen molar-refractivity contribution in [1.82, 2.24) is 10.2 Å². The number of hydrogen-bond acceptors (Lipinski definition) is 6. The van der Waals surface area contributed by atoms with Gasteiger partial charge in [0.05, 0.1) is 24.3 Å². The molecule has 1 atom stereocenters. The Labute approximate surface area is 257 Å². The molecule has 11 heteroatoms. The van der Waals surface area contributed by atoms with Crippen LogP contribution in [-0.2, 0) is 26.2 Å². The van der Waals surface area contributed by atoms with E-state index in [1.807, 2.05) is 27.7 Å². The van der Waals surface area contributed by atoms with Crippen LogP contribution in [0.25, 0.3) is 0 Å². The van der Waals surface area contributed by atoms with Crippen LogP contribution in [0.2, 0.25) is 0 Å². The fourth-order valence-electron chi connectivity index (χ4n) is 4.12. The molecule has 0 heterocycles. The number of benzene rings is 3. The summed E-state index contributed by atoms with van der Waals surface area (Å²) in [4.78, 5) is 28.7. The largest absolute Gasteiger partial charge is 0.497 e. The van der Waals surface area contributed by atoms with Crippen molar-refractivity contribution in [2.75, 3.05) is 24.6 Å². The van der Waals surface area contributed by atoms with Gasteiger partial charge < -0.3 is 19.7 Å². The molecule has 0 radical (unpaired) electrons. The third kappa shape index (κ3) is 8.72. The smallest absolute Gasteiger partial charge is 0.264 e. The highest BCUT2D eigenvalue weighted by Crippen LogP contribution is 2.27. The molecule has 3 aromatic carbocycles. The van der Waals surface area contributed by atoms with Crippen LogP contribution in [0.3, 0.4) is 0 Å². The fourth-order valence-corrected chi connectivity index (χ4v) is 5.80. The SMILES string of the molecule is CCOc1ccc(N(CC(=O)N(Cc2ccc(OC)cc2)C(C)C(=O)NC(C)(C)C)S(=O)(=O)c2ccc(Br)cc2)cc1. The molecule has 3 aromatic rings. The van der Waals surface area contributed by atoms with Gasteiger partial charge in [0.25, 0.3) is 10.0 Å². The number of rotatable bonds is 12. The van der Waals surface area contributed by atoms with Crippen LogP contribution in [-0.4, -0.2) is 57.0 Å². The topological polar surface area (TPSA) is 105 Å². The first-order valence-electron chi connectivity index (χ1n) is 13.5. The molecule has 3 rings (SSSR count). The van der Waals surface area contributed by atoms with E-state index in [1.54, 1.807) is 74.7 Å². The van der Waals surface area contributed by atoms with Gasteiger partial charge in [0.15, 0.2) is 0 Å². The average Bonchev–Trinajstić information content (AvgIpc) is 2.94. The Hall–Kier alpha value is -3.57. The number of carbonyl (C=O) groups excluding carboxylic acids is 2. The Morgan fingerprint density at radius 1 is 0.929 bits per heavy atom. The molecule has 0 aliphatic carbocycles. The molecule has 0 saturated carbocycles. The lowest BCUT2D eigenvalue weighted by Gasteiger charge is -2.33. The summed E-state index contributed by atoms with van der Waals surface area (Å²) in [7, 11) is -2.61. The molecule has 0 saturated heterocycles. The second-order valence-electron chi connectivity index (χ2n) is 10.7. The maximum absolute atomic E-state index is 14.1. The number of sulfonamides is 1. The number of ether oxygens (including phenoxy) is 2. The fraction of sp³-hybridized carbons (Fsp3) is 0.355. The summed E-state index contributed by atoms with van der Waals surface area (Å²) in [5.41, 5.74) is 0.508. The van der Waals surface area contributed by atoms with Gasteiger partial charge in [-0.1, -0.05) is 28.1 Å². The number of amides is 2. The summed E-state index contributed by atoms with van der Waals surface area (Å²) in [6.07, 6.45) is 0. The van der Waals surface area contributed by atoms with E-state index in [2.05, 4.69) is 21.2 Å². The van der Waals surface area contributed by atoms with E-state index >= 15 is 0 Å². The van der Waals surface area contributed by atoms with Gasteiger partial charge >= 0.3 is 0 Å². The number of hydrogen-bond donors (Lipinski definition) is 1. The first-order valence-corrected chi connectivity index (χ1v) is 15.7. The lowest BCUT2D eigenvalue weighted by atomic mass is 10.1. The summed E-state index contributed by atoms with van der Waals surface area (Å²) in [5, 5.41) is 2.92.